The molecule has 0 aliphatic rings. The Bertz CT molecular complexity index is 937. The minimum atomic E-state index is -0.999. The standard InChI is InChI=1S/C20H19N3O4/c1-13(19(24)22-16-10-6-7-11-17(16)26-2)27-20(25)15-12-21-23-18(15)14-8-4-3-5-9-14/h3-13H,1-2H3,(H,21,23)(H,22,24)/t13-/m0/s1. The SMILES string of the molecule is COc1ccccc1NC(=O)[C@H](C)OC(=O)c1cn[nH]c1-c1ccccc1. The van der Waals surface area contributed by atoms with Gasteiger partial charge in [0.1, 0.15) is 11.3 Å². The molecule has 7 nitrogen and oxygen atoms in total. The molecule has 0 saturated heterocycles. The molecule has 1 amide bonds. The van der Waals surface area contributed by atoms with Crippen LogP contribution in [-0.4, -0.2) is 35.3 Å². The average Bonchev–Trinajstić information content (AvgIpc) is 3.19. The molecule has 0 fully saturated rings. The molecule has 3 aromatic rings. The van der Waals surface area contributed by atoms with Crippen LogP contribution in [-0.2, 0) is 9.53 Å². The van der Waals surface area contributed by atoms with Gasteiger partial charge in [-0.15, -0.1) is 0 Å². The summed E-state index contributed by atoms with van der Waals surface area (Å²) in [7, 11) is 1.51. The summed E-state index contributed by atoms with van der Waals surface area (Å²) in [6, 6.07) is 16.3. The van der Waals surface area contributed by atoms with Gasteiger partial charge in [0.25, 0.3) is 5.91 Å². The minimum Gasteiger partial charge on any atom is -0.495 e. The molecule has 3 rings (SSSR count). The van der Waals surface area contributed by atoms with Crippen LogP contribution in [0.1, 0.15) is 17.3 Å². The highest BCUT2D eigenvalue weighted by Crippen LogP contribution is 2.24. The number of esters is 1. The number of aromatic nitrogens is 2. The molecule has 1 aromatic heterocycles. The molecule has 7 heteroatoms. The van der Waals surface area contributed by atoms with Gasteiger partial charge in [-0.25, -0.2) is 4.79 Å². The number of H-pyrrole nitrogens is 1. The Kier molecular flexibility index (Phi) is 5.51. The number of rotatable bonds is 6. The first kappa shape index (κ1) is 18.2. The second-order valence-electron chi connectivity index (χ2n) is 5.76. The number of para-hydroxylation sites is 2. The fraction of sp³-hybridized carbons (Fsp3) is 0.150. The predicted molar refractivity (Wildman–Crippen MR) is 101 cm³/mol. The van der Waals surface area contributed by atoms with E-state index in [1.165, 1.54) is 20.2 Å². The largest absolute Gasteiger partial charge is 0.495 e. The first-order valence-electron chi connectivity index (χ1n) is 8.33. The van der Waals surface area contributed by atoms with Gasteiger partial charge in [-0.1, -0.05) is 42.5 Å². The van der Waals surface area contributed by atoms with Crippen LogP contribution in [0.2, 0.25) is 0 Å². The molecule has 0 spiro atoms. The lowest BCUT2D eigenvalue weighted by atomic mass is 10.1. The van der Waals surface area contributed by atoms with E-state index in [0.717, 1.165) is 5.56 Å². The third-order valence-electron chi connectivity index (χ3n) is 3.94. The van der Waals surface area contributed by atoms with E-state index in [4.69, 9.17) is 9.47 Å². The molecule has 0 aliphatic heterocycles. The van der Waals surface area contributed by atoms with Crippen molar-refractivity contribution in [1.82, 2.24) is 10.2 Å². The number of hydrogen-bond acceptors (Lipinski definition) is 5. The van der Waals surface area contributed by atoms with Crippen LogP contribution in [0, 0.1) is 0 Å². The molecular formula is C20H19N3O4. The van der Waals surface area contributed by atoms with Gasteiger partial charge in [0.05, 0.1) is 24.7 Å². The number of carbonyl (C=O) groups excluding carboxylic acids is 2. The van der Waals surface area contributed by atoms with Crippen molar-refractivity contribution in [2.75, 3.05) is 12.4 Å². The molecule has 0 radical (unpaired) electrons. The lowest BCUT2D eigenvalue weighted by molar-refractivity contribution is -0.123. The van der Waals surface area contributed by atoms with E-state index in [-0.39, 0.29) is 5.56 Å². The number of nitrogens with zero attached hydrogens (tertiary/aromatic N) is 1. The summed E-state index contributed by atoms with van der Waals surface area (Å²) < 4.78 is 10.5. The third kappa shape index (κ3) is 4.14. The molecule has 1 atom stereocenters. The van der Waals surface area contributed by atoms with E-state index in [1.54, 1.807) is 24.3 Å². The van der Waals surface area contributed by atoms with Crippen LogP contribution >= 0.6 is 0 Å². The minimum absolute atomic E-state index is 0.262. The highest BCUT2D eigenvalue weighted by Gasteiger charge is 2.23. The van der Waals surface area contributed by atoms with Crippen molar-refractivity contribution < 1.29 is 19.1 Å². The molecule has 0 aliphatic carbocycles. The first-order valence-corrected chi connectivity index (χ1v) is 8.33. The Morgan fingerprint density at radius 3 is 2.52 bits per heavy atom. The summed E-state index contributed by atoms with van der Waals surface area (Å²) in [6.07, 6.45) is 0.385. The monoisotopic (exact) mass is 365 g/mol. The van der Waals surface area contributed by atoms with Gasteiger partial charge in [-0.3, -0.25) is 9.89 Å². The predicted octanol–water partition coefficient (Wildman–Crippen LogP) is 3.27. The normalized spacial score (nSPS) is 11.5. The lowest BCUT2D eigenvalue weighted by Crippen LogP contribution is -2.30. The Hall–Kier alpha value is -3.61. The van der Waals surface area contributed by atoms with E-state index in [0.29, 0.717) is 17.1 Å². The van der Waals surface area contributed by atoms with Gasteiger partial charge < -0.3 is 14.8 Å². The van der Waals surface area contributed by atoms with Crippen molar-refractivity contribution >= 4 is 17.6 Å². The van der Waals surface area contributed by atoms with E-state index in [1.807, 2.05) is 30.3 Å². The summed E-state index contributed by atoms with van der Waals surface area (Å²) in [5.41, 5.74) is 2.10. The Labute approximate surface area is 156 Å². The summed E-state index contributed by atoms with van der Waals surface area (Å²) in [4.78, 5) is 24.9. The van der Waals surface area contributed by atoms with Crippen molar-refractivity contribution in [3.63, 3.8) is 0 Å². The van der Waals surface area contributed by atoms with E-state index in [2.05, 4.69) is 15.5 Å². The van der Waals surface area contributed by atoms with E-state index in [9.17, 15) is 9.59 Å². The molecule has 1 heterocycles. The van der Waals surface area contributed by atoms with Gasteiger partial charge in [-0.05, 0) is 19.1 Å². The number of benzene rings is 2. The van der Waals surface area contributed by atoms with Crippen LogP contribution in [0.4, 0.5) is 5.69 Å². The van der Waals surface area contributed by atoms with Crippen molar-refractivity contribution in [2.24, 2.45) is 0 Å². The van der Waals surface area contributed by atoms with Crippen molar-refractivity contribution in [1.29, 1.82) is 0 Å². The van der Waals surface area contributed by atoms with Gasteiger partial charge in [0.2, 0.25) is 0 Å². The Morgan fingerprint density at radius 1 is 1.07 bits per heavy atom. The maximum Gasteiger partial charge on any atom is 0.342 e. The average molecular weight is 365 g/mol. The summed E-state index contributed by atoms with van der Waals surface area (Å²) in [6.45, 7) is 1.50. The zero-order chi connectivity index (χ0) is 19.2. The second-order valence-corrected chi connectivity index (χ2v) is 5.76. The van der Waals surface area contributed by atoms with Crippen molar-refractivity contribution in [3.05, 3.63) is 66.4 Å². The van der Waals surface area contributed by atoms with Gasteiger partial charge >= 0.3 is 5.97 Å². The molecule has 0 saturated carbocycles. The van der Waals surface area contributed by atoms with E-state index >= 15 is 0 Å². The zero-order valence-corrected chi connectivity index (χ0v) is 14.9. The van der Waals surface area contributed by atoms with Crippen LogP contribution in [0.3, 0.4) is 0 Å². The number of carbonyl (C=O) groups is 2. The van der Waals surface area contributed by atoms with E-state index < -0.39 is 18.0 Å². The molecule has 138 valence electrons. The fourth-order valence-corrected chi connectivity index (χ4v) is 2.53. The van der Waals surface area contributed by atoms with Crippen LogP contribution in [0.5, 0.6) is 5.75 Å². The summed E-state index contributed by atoms with van der Waals surface area (Å²) in [5, 5.41) is 9.41. The summed E-state index contributed by atoms with van der Waals surface area (Å²) in [5.74, 6) is -0.575. The highest BCUT2D eigenvalue weighted by molar-refractivity contribution is 6.00. The fourth-order valence-electron chi connectivity index (χ4n) is 2.53. The number of anilines is 1. The lowest BCUT2D eigenvalue weighted by Gasteiger charge is -2.15. The molecule has 27 heavy (non-hydrogen) atoms. The number of nitrogens with one attached hydrogen (secondary N) is 2. The van der Waals surface area contributed by atoms with Crippen LogP contribution in [0.15, 0.2) is 60.8 Å². The highest BCUT2D eigenvalue weighted by atomic mass is 16.5. The smallest absolute Gasteiger partial charge is 0.342 e. The quantitative estimate of drug-likeness (QED) is 0.654. The zero-order valence-electron chi connectivity index (χ0n) is 14.9. The van der Waals surface area contributed by atoms with Crippen molar-refractivity contribution in [2.45, 2.75) is 13.0 Å². The molecule has 2 N–H and O–H groups in total. The first-order chi connectivity index (χ1) is 13.1. The molecule has 2 aromatic carbocycles. The number of hydrogen-bond donors (Lipinski definition) is 2. The van der Waals surface area contributed by atoms with Gasteiger partial charge in [0, 0.05) is 5.56 Å². The Balaban J connectivity index is 1.69. The second kappa shape index (κ2) is 8.18. The molecule has 0 unspecified atom stereocenters. The molecular weight excluding hydrogens is 346 g/mol. The topological polar surface area (TPSA) is 93.3 Å². The maximum absolute atomic E-state index is 12.5. The maximum atomic E-state index is 12.5. The number of amides is 1. The Morgan fingerprint density at radius 2 is 1.78 bits per heavy atom. The van der Waals surface area contributed by atoms with Crippen LogP contribution in [0.25, 0.3) is 11.3 Å². The summed E-state index contributed by atoms with van der Waals surface area (Å²) >= 11 is 0. The van der Waals surface area contributed by atoms with Crippen LogP contribution < -0.4 is 10.1 Å². The third-order valence-corrected chi connectivity index (χ3v) is 3.94. The van der Waals surface area contributed by atoms with Gasteiger partial charge in [-0.2, -0.15) is 5.10 Å². The molecule has 0 bridgehead atoms. The number of methoxy groups -OCH3 is 1. The van der Waals surface area contributed by atoms with Crippen molar-refractivity contribution in [3.8, 4) is 17.0 Å². The number of ether oxygens (including phenoxy) is 2. The number of aromatic amines is 1. The van der Waals surface area contributed by atoms with Gasteiger partial charge in [0.15, 0.2) is 6.10 Å².